The maximum atomic E-state index is 8.59. The summed E-state index contributed by atoms with van der Waals surface area (Å²) in [6.45, 7) is 0. The molecule has 0 saturated heterocycles. The summed E-state index contributed by atoms with van der Waals surface area (Å²) < 4.78 is 1.66. The summed E-state index contributed by atoms with van der Waals surface area (Å²) in [5.74, 6) is 0.418. The predicted molar refractivity (Wildman–Crippen MR) is 81.3 cm³/mol. The molecule has 3 aromatic rings. The van der Waals surface area contributed by atoms with E-state index in [0.717, 1.165) is 0 Å². The molecule has 0 aliphatic heterocycles. The molecule has 0 saturated carbocycles. The fourth-order valence-electron chi connectivity index (χ4n) is 1.87. The number of imidazole rings is 1. The summed E-state index contributed by atoms with van der Waals surface area (Å²) >= 11 is 12.4. The number of fused-ring (bicyclic) bond motifs is 1. The van der Waals surface area contributed by atoms with Crippen LogP contribution in [0.3, 0.4) is 0 Å². The van der Waals surface area contributed by atoms with Crippen molar-refractivity contribution in [2.24, 2.45) is 0 Å². The maximum Gasteiger partial charge on any atom is 0.236 e. The van der Waals surface area contributed by atoms with Gasteiger partial charge in [-0.25, -0.2) is 9.97 Å². The lowest BCUT2D eigenvalue weighted by Crippen LogP contribution is -1.99. The van der Waals surface area contributed by atoms with Crippen LogP contribution in [0.1, 0.15) is 5.56 Å². The molecule has 5 nitrogen and oxygen atoms in total. The first-order chi connectivity index (χ1) is 10.2. The van der Waals surface area contributed by atoms with E-state index in [2.05, 4.69) is 15.0 Å². The molecule has 0 aliphatic carbocycles. The third kappa shape index (κ3) is 2.59. The van der Waals surface area contributed by atoms with Gasteiger partial charge < -0.3 is 0 Å². The van der Waals surface area contributed by atoms with Crippen molar-refractivity contribution in [2.45, 2.75) is 0 Å². The van der Waals surface area contributed by atoms with Gasteiger partial charge in [0.25, 0.3) is 0 Å². The normalized spacial score (nSPS) is 11.1. The Balaban J connectivity index is 2.21. The molecule has 0 unspecified atom stereocenters. The second kappa shape index (κ2) is 5.52. The minimum absolute atomic E-state index is 0.312. The quantitative estimate of drug-likeness (QED) is 0.534. The van der Waals surface area contributed by atoms with E-state index in [-0.39, 0.29) is 0 Å². The first-order valence-electron chi connectivity index (χ1n) is 5.90. The molecule has 0 bridgehead atoms. The largest absolute Gasteiger partial charge is 0.274 e. The third-order valence-corrected chi connectivity index (χ3v) is 3.44. The van der Waals surface area contributed by atoms with Crippen LogP contribution in [0.5, 0.6) is 0 Å². The molecule has 3 rings (SSSR count). The minimum Gasteiger partial charge on any atom is -0.274 e. The Morgan fingerprint density at radius 1 is 1.24 bits per heavy atom. The number of hydrogen-bond acceptors (Lipinski definition) is 4. The van der Waals surface area contributed by atoms with E-state index < -0.39 is 0 Å². The Hall–Kier alpha value is -2.42. The third-order valence-electron chi connectivity index (χ3n) is 2.83. The second-order valence-corrected chi connectivity index (χ2v) is 4.90. The van der Waals surface area contributed by atoms with Gasteiger partial charge in [-0.1, -0.05) is 23.2 Å². The highest BCUT2D eigenvalue weighted by molar-refractivity contribution is 6.36. The molecule has 0 aliphatic rings. The Bertz CT molecular complexity index is 879. The smallest absolute Gasteiger partial charge is 0.236 e. The van der Waals surface area contributed by atoms with Crippen LogP contribution in [0.15, 0.2) is 36.9 Å². The lowest BCUT2D eigenvalue weighted by molar-refractivity contribution is 0.941. The molecule has 1 aromatic carbocycles. The van der Waals surface area contributed by atoms with Gasteiger partial charge >= 0.3 is 0 Å². The summed E-state index contributed by atoms with van der Waals surface area (Å²) in [6.07, 6.45) is 7.90. The predicted octanol–water partition coefficient (Wildman–Crippen LogP) is 3.66. The fourth-order valence-corrected chi connectivity index (χ4v) is 2.31. The van der Waals surface area contributed by atoms with Gasteiger partial charge in [-0.15, -0.1) is 0 Å². The molecule has 7 heteroatoms. The number of aromatic nitrogens is 4. The van der Waals surface area contributed by atoms with Crippen molar-refractivity contribution in [3.63, 3.8) is 0 Å². The number of benzene rings is 1. The second-order valence-electron chi connectivity index (χ2n) is 4.14. The topological polar surface area (TPSA) is 67.4 Å². The van der Waals surface area contributed by atoms with E-state index in [1.54, 1.807) is 41.5 Å². The highest BCUT2D eigenvalue weighted by Crippen LogP contribution is 2.28. The monoisotopic (exact) mass is 315 g/mol. The van der Waals surface area contributed by atoms with Gasteiger partial charge in [0, 0.05) is 23.9 Å². The summed E-state index contributed by atoms with van der Waals surface area (Å²) in [4.78, 5) is 12.6. The van der Waals surface area contributed by atoms with Crippen LogP contribution in [0.2, 0.25) is 10.2 Å². The van der Waals surface area contributed by atoms with Crippen molar-refractivity contribution < 1.29 is 0 Å². The molecular weight excluding hydrogens is 309 g/mol. The SMILES string of the molecule is N#CC=Cc1cc2c(Cl)nc(-n3ccnc3)nc2cc1Cl. The number of nitrogens with zero attached hydrogens (tertiary/aromatic N) is 5. The summed E-state index contributed by atoms with van der Waals surface area (Å²) in [5, 5.41) is 10.1. The summed E-state index contributed by atoms with van der Waals surface area (Å²) in [5.41, 5.74) is 1.31. The molecule has 0 amide bonds. The molecule has 0 N–H and O–H groups in total. The zero-order chi connectivity index (χ0) is 14.8. The van der Waals surface area contributed by atoms with Crippen LogP contribution in [-0.2, 0) is 0 Å². The van der Waals surface area contributed by atoms with Crippen molar-refractivity contribution in [1.29, 1.82) is 5.26 Å². The zero-order valence-corrected chi connectivity index (χ0v) is 12.0. The average molecular weight is 316 g/mol. The van der Waals surface area contributed by atoms with Crippen molar-refractivity contribution >= 4 is 40.2 Å². The van der Waals surface area contributed by atoms with Gasteiger partial charge in [0.15, 0.2) is 0 Å². The van der Waals surface area contributed by atoms with Crippen molar-refractivity contribution in [3.05, 3.63) is 52.7 Å². The molecule has 0 fully saturated rings. The van der Waals surface area contributed by atoms with E-state index >= 15 is 0 Å². The van der Waals surface area contributed by atoms with Gasteiger partial charge in [0.1, 0.15) is 11.5 Å². The van der Waals surface area contributed by atoms with Gasteiger partial charge in [-0.2, -0.15) is 10.2 Å². The number of halogens is 2. The Kier molecular flexibility index (Phi) is 3.57. The van der Waals surface area contributed by atoms with Crippen LogP contribution in [-0.4, -0.2) is 19.5 Å². The number of nitriles is 1. The van der Waals surface area contributed by atoms with E-state index in [9.17, 15) is 0 Å². The molecule has 2 aromatic heterocycles. The highest BCUT2D eigenvalue weighted by atomic mass is 35.5. The highest BCUT2D eigenvalue weighted by Gasteiger charge is 2.10. The molecule has 21 heavy (non-hydrogen) atoms. The Morgan fingerprint density at radius 2 is 2.10 bits per heavy atom. The first-order valence-corrected chi connectivity index (χ1v) is 6.66. The Labute approximate surface area is 130 Å². The number of allylic oxidation sites excluding steroid dienone is 1. The number of rotatable bonds is 2. The van der Waals surface area contributed by atoms with Crippen LogP contribution >= 0.6 is 23.2 Å². The van der Waals surface area contributed by atoms with Gasteiger partial charge in [-0.3, -0.25) is 4.57 Å². The average Bonchev–Trinajstić information content (AvgIpc) is 2.99. The lowest BCUT2D eigenvalue weighted by atomic mass is 10.1. The Morgan fingerprint density at radius 3 is 2.81 bits per heavy atom. The van der Waals surface area contributed by atoms with Crippen molar-refractivity contribution in [2.75, 3.05) is 0 Å². The van der Waals surface area contributed by atoms with Gasteiger partial charge in [0.2, 0.25) is 5.95 Å². The van der Waals surface area contributed by atoms with Crippen LogP contribution in [0, 0.1) is 11.3 Å². The van der Waals surface area contributed by atoms with Gasteiger partial charge in [-0.05, 0) is 23.8 Å². The van der Waals surface area contributed by atoms with E-state index in [4.69, 9.17) is 28.5 Å². The molecule has 2 heterocycles. The van der Waals surface area contributed by atoms with Gasteiger partial charge in [0.05, 0.1) is 16.6 Å². The van der Waals surface area contributed by atoms with Crippen LogP contribution in [0.4, 0.5) is 0 Å². The first kappa shape index (κ1) is 13.6. The maximum absolute atomic E-state index is 8.59. The number of hydrogen-bond donors (Lipinski definition) is 0. The van der Waals surface area contributed by atoms with Crippen LogP contribution < -0.4 is 0 Å². The van der Waals surface area contributed by atoms with Crippen molar-refractivity contribution in [1.82, 2.24) is 19.5 Å². The standard InChI is InChI=1S/C14H7Cl2N5/c15-11-7-12-10(6-9(11)2-1-3-17)13(16)20-14(19-12)21-5-4-18-8-21/h1-2,4-8H. The van der Waals surface area contributed by atoms with E-state index in [0.29, 0.717) is 32.6 Å². The molecular formula is C14H7Cl2N5. The lowest BCUT2D eigenvalue weighted by Gasteiger charge is -2.07. The molecule has 102 valence electrons. The van der Waals surface area contributed by atoms with E-state index in [1.165, 1.54) is 6.08 Å². The summed E-state index contributed by atoms with van der Waals surface area (Å²) in [7, 11) is 0. The molecule has 0 spiro atoms. The zero-order valence-electron chi connectivity index (χ0n) is 10.5. The molecule has 0 atom stereocenters. The van der Waals surface area contributed by atoms with E-state index in [1.807, 2.05) is 6.07 Å². The minimum atomic E-state index is 0.312. The van der Waals surface area contributed by atoms with Crippen molar-refractivity contribution in [3.8, 4) is 12.0 Å². The van der Waals surface area contributed by atoms with Crippen LogP contribution in [0.25, 0.3) is 22.9 Å². The fraction of sp³-hybridized carbons (Fsp3) is 0. The summed E-state index contributed by atoms with van der Waals surface area (Å²) in [6, 6.07) is 5.37. The molecule has 0 radical (unpaired) electrons.